The van der Waals surface area contributed by atoms with Crippen molar-refractivity contribution in [2.45, 2.75) is 6.42 Å². The van der Waals surface area contributed by atoms with E-state index >= 15 is 0 Å². The molecule has 6 heteroatoms. The molecule has 0 radical (unpaired) electrons. The molecule has 1 heterocycles. The molecule has 1 saturated heterocycles. The molecule has 0 aromatic heterocycles. The average Bonchev–Trinajstić information content (AvgIpc) is 2.30. The molecule has 0 unspecified atom stereocenters. The first-order chi connectivity index (χ1) is 6.02. The molecule has 0 atom stereocenters. The Hall–Kier alpha value is -0.170. The summed E-state index contributed by atoms with van der Waals surface area (Å²) in [6.07, 6.45) is 0.883. The van der Waals surface area contributed by atoms with E-state index in [0.717, 1.165) is 13.0 Å². The molecule has 1 fully saturated rings. The molecule has 13 heavy (non-hydrogen) atoms. The summed E-state index contributed by atoms with van der Waals surface area (Å²) in [5.41, 5.74) is 0. The number of hydrogen-bond donors (Lipinski definition) is 1. The third-order valence-corrected chi connectivity index (χ3v) is 3.61. The van der Waals surface area contributed by atoms with Crippen LogP contribution in [0.25, 0.3) is 0 Å². The van der Waals surface area contributed by atoms with E-state index in [-0.39, 0.29) is 0 Å². The SMILES string of the molecule is CN(C)CCCN1CCNS1(=O)=O. The van der Waals surface area contributed by atoms with Crippen LogP contribution in [-0.2, 0) is 10.2 Å². The van der Waals surface area contributed by atoms with Crippen molar-refractivity contribution in [3.63, 3.8) is 0 Å². The van der Waals surface area contributed by atoms with Crippen molar-refractivity contribution in [2.75, 3.05) is 40.3 Å². The van der Waals surface area contributed by atoms with Gasteiger partial charge in [0.1, 0.15) is 0 Å². The quantitative estimate of drug-likeness (QED) is 0.649. The first-order valence-corrected chi connectivity index (χ1v) is 5.86. The van der Waals surface area contributed by atoms with E-state index in [2.05, 4.69) is 9.62 Å². The Balaban J connectivity index is 2.29. The van der Waals surface area contributed by atoms with Crippen molar-refractivity contribution in [3.8, 4) is 0 Å². The number of rotatable bonds is 4. The van der Waals surface area contributed by atoms with Gasteiger partial charge in [0.25, 0.3) is 10.2 Å². The molecule has 1 aliphatic heterocycles. The molecule has 1 N–H and O–H groups in total. The van der Waals surface area contributed by atoms with Gasteiger partial charge in [-0.25, -0.2) is 4.72 Å². The van der Waals surface area contributed by atoms with Gasteiger partial charge in [-0.2, -0.15) is 12.7 Å². The topological polar surface area (TPSA) is 52.6 Å². The summed E-state index contributed by atoms with van der Waals surface area (Å²) in [5.74, 6) is 0. The summed E-state index contributed by atoms with van der Waals surface area (Å²) in [6, 6.07) is 0. The summed E-state index contributed by atoms with van der Waals surface area (Å²) in [7, 11) is 0.846. The fraction of sp³-hybridized carbons (Fsp3) is 1.00. The molecule has 0 spiro atoms. The summed E-state index contributed by atoms with van der Waals surface area (Å²) >= 11 is 0. The van der Waals surface area contributed by atoms with Gasteiger partial charge in [0.05, 0.1) is 0 Å². The van der Waals surface area contributed by atoms with Crippen LogP contribution < -0.4 is 4.72 Å². The second-order valence-corrected chi connectivity index (χ2v) is 5.21. The van der Waals surface area contributed by atoms with Crippen LogP contribution in [0.15, 0.2) is 0 Å². The van der Waals surface area contributed by atoms with Gasteiger partial charge in [0.2, 0.25) is 0 Å². The molecule has 0 aliphatic carbocycles. The Morgan fingerprint density at radius 1 is 1.46 bits per heavy atom. The van der Waals surface area contributed by atoms with Crippen LogP contribution >= 0.6 is 0 Å². The summed E-state index contributed by atoms with van der Waals surface area (Å²) in [5, 5.41) is 0. The molecule has 1 rings (SSSR count). The van der Waals surface area contributed by atoms with E-state index < -0.39 is 10.2 Å². The fourth-order valence-electron chi connectivity index (χ4n) is 1.31. The smallest absolute Gasteiger partial charge is 0.279 e. The lowest BCUT2D eigenvalue weighted by Gasteiger charge is -2.14. The van der Waals surface area contributed by atoms with Gasteiger partial charge in [0.15, 0.2) is 0 Å². The van der Waals surface area contributed by atoms with Crippen molar-refractivity contribution in [1.29, 1.82) is 0 Å². The third kappa shape index (κ3) is 3.22. The zero-order valence-electron chi connectivity index (χ0n) is 8.15. The first kappa shape index (κ1) is 10.9. The number of hydrogen-bond acceptors (Lipinski definition) is 3. The maximum absolute atomic E-state index is 11.2. The average molecular weight is 207 g/mol. The predicted octanol–water partition coefficient (Wildman–Crippen LogP) is -0.912. The standard InChI is InChI=1S/C7H17N3O2S/c1-9(2)5-3-6-10-7-4-8-13(10,11)12/h8H,3-7H2,1-2H3. The van der Waals surface area contributed by atoms with Crippen LogP contribution in [0.1, 0.15) is 6.42 Å². The van der Waals surface area contributed by atoms with Crippen LogP contribution in [0.3, 0.4) is 0 Å². The minimum absolute atomic E-state index is 0.546. The van der Waals surface area contributed by atoms with Crippen LogP contribution in [0.5, 0.6) is 0 Å². The second kappa shape index (κ2) is 4.36. The number of nitrogens with zero attached hydrogens (tertiary/aromatic N) is 2. The summed E-state index contributed by atoms with van der Waals surface area (Å²) in [4.78, 5) is 2.05. The van der Waals surface area contributed by atoms with Gasteiger partial charge >= 0.3 is 0 Å². The third-order valence-electron chi connectivity index (χ3n) is 2.00. The van der Waals surface area contributed by atoms with Gasteiger partial charge < -0.3 is 4.90 Å². The van der Waals surface area contributed by atoms with Crippen molar-refractivity contribution in [3.05, 3.63) is 0 Å². The number of nitrogens with one attached hydrogen (secondary N) is 1. The Bertz CT molecular complexity index is 250. The highest BCUT2D eigenvalue weighted by molar-refractivity contribution is 7.87. The maximum Gasteiger partial charge on any atom is 0.279 e. The normalized spacial score (nSPS) is 22.7. The molecule has 0 amide bonds. The lowest BCUT2D eigenvalue weighted by molar-refractivity contribution is 0.362. The molecule has 0 saturated carbocycles. The Morgan fingerprint density at radius 2 is 2.15 bits per heavy atom. The van der Waals surface area contributed by atoms with Crippen LogP contribution in [0, 0.1) is 0 Å². The molecular weight excluding hydrogens is 190 g/mol. The van der Waals surface area contributed by atoms with E-state index in [1.165, 1.54) is 4.31 Å². The predicted molar refractivity (Wildman–Crippen MR) is 51.7 cm³/mol. The van der Waals surface area contributed by atoms with Gasteiger partial charge in [-0.3, -0.25) is 0 Å². The second-order valence-electron chi connectivity index (χ2n) is 3.46. The van der Waals surface area contributed by atoms with Gasteiger partial charge in [0, 0.05) is 19.6 Å². The largest absolute Gasteiger partial charge is 0.309 e. The van der Waals surface area contributed by atoms with E-state index in [1.54, 1.807) is 0 Å². The van der Waals surface area contributed by atoms with E-state index in [9.17, 15) is 8.42 Å². The van der Waals surface area contributed by atoms with Gasteiger partial charge in [-0.05, 0) is 27.1 Å². The van der Waals surface area contributed by atoms with Gasteiger partial charge in [-0.15, -0.1) is 0 Å². The monoisotopic (exact) mass is 207 g/mol. The fourth-order valence-corrected chi connectivity index (χ4v) is 2.54. The zero-order chi connectivity index (χ0) is 9.90. The highest BCUT2D eigenvalue weighted by Gasteiger charge is 2.26. The molecule has 0 aromatic carbocycles. The Morgan fingerprint density at radius 3 is 2.62 bits per heavy atom. The summed E-state index contributed by atoms with van der Waals surface area (Å²) in [6.45, 7) is 2.69. The minimum atomic E-state index is -3.12. The Labute approximate surface area is 79.9 Å². The molecule has 0 aromatic rings. The Kier molecular flexibility index (Phi) is 3.66. The maximum atomic E-state index is 11.2. The van der Waals surface area contributed by atoms with Gasteiger partial charge in [-0.1, -0.05) is 0 Å². The van der Waals surface area contributed by atoms with E-state index in [1.807, 2.05) is 14.1 Å². The molecule has 5 nitrogen and oxygen atoms in total. The van der Waals surface area contributed by atoms with Crippen molar-refractivity contribution in [2.24, 2.45) is 0 Å². The highest BCUT2D eigenvalue weighted by atomic mass is 32.2. The minimum Gasteiger partial charge on any atom is -0.309 e. The zero-order valence-corrected chi connectivity index (χ0v) is 8.97. The van der Waals surface area contributed by atoms with Crippen molar-refractivity contribution >= 4 is 10.2 Å². The van der Waals surface area contributed by atoms with Crippen molar-refractivity contribution in [1.82, 2.24) is 13.9 Å². The highest BCUT2D eigenvalue weighted by Crippen LogP contribution is 2.04. The lowest BCUT2D eigenvalue weighted by atomic mass is 10.4. The van der Waals surface area contributed by atoms with Crippen LogP contribution in [0.2, 0.25) is 0 Å². The molecule has 1 aliphatic rings. The van der Waals surface area contributed by atoms with Crippen molar-refractivity contribution < 1.29 is 8.42 Å². The van der Waals surface area contributed by atoms with Crippen LogP contribution in [-0.4, -0.2) is 57.9 Å². The van der Waals surface area contributed by atoms with Crippen LogP contribution in [0.4, 0.5) is 0 Å². The first-order valence-electron chi connectivity index (χ1n) is 4.42. The van der Waals surface area contributed by atoms with E-state index in [0.29, 0.717) is 19.6 Å². The van der Waals surface area contributed by atoms with E-state index in [4.69, 9.17) is 0 Å². The molecular formula is C7H17N3O2S. The molecule has 0 bridgehead atoms. The molecule has 78 valence electrons. The lowest BCUT2D eigenvalue weighted by Crippen LogP contribution is -2.31. The summed E-state index contributed by atoms with van der Waals surface area (Å²) < 4.78 is 26.4.